The van der Waals surface area contributed by atoms with Crippen molar-refractivity contribution in [2.75, 3.05) is 0 Å². The predicted molar refractivity (Wildman–Crippen MR) is 53.3 cm³/mol. The number of carbonyl (C=O) groups is 3. The molecule has 2 atom stereocenters. The third-order valence-electron chi connectivity index (χ3n) is 3.42. The molecule has 0 bridgehead atoms. The van der Waals surface area contributed by atoms with Gasteiger partial charge in [-0.15, -0.1) is 0 Å². The summed E-state index contributed by atoms with van der Waals surface area (Å²) in [5.41, 5.74) is -0.823. The lowest BCUT2D eigenvalue weighted by Gasteiger charge is -2.22. The van der Waals surface area contributed by atoms with Crippen molar-refractivity contribution in [1.82, 2.24) is 0 Å². The zero-order chi connectivity index (χ0) is 11.8. The summed E-state index contributed by atoms with van der Waals surface area (Å²) < 4.78 is 0. The molecule has 0 radical (unpaired) electrons. The van der Waals surface area contributed by atoms with Crippen LogP contribution in [0.2, 0.25) is 0 Å². The normalized spacial score (nSPS) is 29.1. The number of aliphatic carboxylic acids is 1. The van der Waals surface area contributed by atoms with E-state index in [0.717, 1.165) is 0 Å². The van der Waals surface area contributed by atoms with Gasteiger partial charge in [0.2, 0.25) is 5.78 Å². The fourth-order valence-electron chi connectivity index (χ4n) is 2.32. The van der Waals surface area contributed by atoms with E-state index < -0.39 is 23.1 Å². The van der Waals surface area contributed by atoms with Crippen LogP contribution in [0.3, 0.4) is 0 Å². The second kappa shape index (κ2) is 3.76. The van der Waals surface area contributed by atoms with Crippen molar-refractivity contribution in [2.45, 2.75) is 33.6 Å². The van der Waals surface area contributed by atoms with Crippen LogP contribution in [-0.4, -0.2) is 22.6 Å². The maximum Gasteiger partial charge on any atom is 0.372 e. The van der Waals surface area contributed by atoms with Gasteiger partial charge in [0, 0.05) is 17.3 Å². The zero-order valence-corrected chi connectivity index (χ0v) is 9.24. The van der Waals surface area contributed by atoms with Crippen LogP contribution in [0.15, 0.2) is 0 Å². The van der Waals surface area contributed by atoms with Gasteiger partial charge in [0.15, 0.2) is 0 Å². The molecular formula is C11H16O4. The maximum absolute atomic E-state index is 11.9. The van der Waals surface area contributed by atoms with Crippen molar-refractivity contribution in [3.8, 4) is 0 Å². The molecule has 0 aromatic heterocycles. The lowest BCUT2D eigenvalue weighted by atomic mass is 9.78. The first-order chi connectivity index (χ1) is 6.82. The number of carbonyl (C=O) groups excluding carboxylic acids is 2. The quantitative estimate of drug-likeness (QED) is 0.715. The lowest BCUT2D eigenvalue weighted by Crippen LogP contribution is -2.34. The summed E-state index contributed by atoms with van der Waals surface area (Å²) in [6, 6.07) is 0. The molecule has 1 fully saturated rings. The molecule has 0 aromatic carbocycles. The molecule has 2 unspecified atom stereocenters. The van der Waals surface area contributed by atoms with Gasteiger partial charge < -0.3 is 5.11 Å². The molecule has 0 amide bonds. The molecule has 0 spiro atoms. The third-order valence-corrected chi connectivity index (χ3v) is 3.42. The molecule has 84 valence electrons. The molecule has 15 heavy (non-hydrogen) atoms. The van der Waals surface area contributed by atoms with E-state index in [1.165, 1.54) is 0 Å². The summed E-state index contributed by atoms with van der Waals surface area (Å²) in [7, 11) is 0. The summed E-state index contributed by atoms with van der Waals surface area (Å²) in [4.78, 5) is 33.9. The van der Waals surface area contributed by atoms with Crippen LogP contribution >= 0.6 is 0 Å². The maximum atomic E-state index is 11.9. The summed E-state index contributed by atoms with van der Waals surface area (Å²) in [5, 5.41) is 8.66. The number of carboxylic acids is 1. The molecule has 0 heterocycles. The van der Waals surface area contributed by atoms with Crippen LogP contribution in [0, 0.1) is 17.3 Å². The van der Waals surface area contributed by atoms with Gasteiger partial charge in [0.25, 0.3) is 0 Å². The van der Waals surface area contributed by atoms with Gasteiger partial charge in [0.1, 0.15) is 5.78 Å². The van der Waals surface area contributed by atoms with Crippen LogP contribution in [0.4, 0.5) is 0 Å². The average Bonchev–Trinajstić information content (AvgIpc) is 2.38. The molecule has 4 nitrogen and oxygen atoms in total. The Bertz CT molecular complexity index is 317. The highest BCUT2D eigenvalue weighted by molar-refractivity contribution is 6.34. The summed E-state index contributed by atoms with van der Waals surface area (Å²) in [6.07, 6.45) is 1.05. The van der Waals surface area contributed by atoms with Gasteiger partial charge in [-0.1, -0.05) is 20.8 Å². The predicted octanol–water partition coefficient (Wildman–Crippen LogP) is 1.28. The minimum absolute atomic E-state index is 0.0181. The lowest BCUT2D eigenvalue weighted by molar-refractivity contribution is -0.153. The largest absolute Gasteiger partial charge is 0.475 e. The van der Waals surface area contributed by atoms with Gasteiger partial charge >= 0.3 is 5.97 Å². The smallest absolute Gasteiger partial charge is 0.372 e. The van der Waals surface area contributed by atoms with Crippen LogP contribution in [-0.2, 0) is 14.4 Å². The van der Waals surface area contributed by atoms with E-state index in [1.54, 1.807) is 13.8 Å². The monoisotopic (exact) mass is 212 g/mol. The van der Waals surface area contributed by atoms with Crippen molar-refractivity contribution in [2.24, 2.45) is 17.3 Å². The Morgan fingerprint density at radius 3 is 2.33 bits per heavy atom. The first-order valence-corrected chi connectivity index (χ1v) is 5.13. The molecule has 1 rings (SSSR count). The van der Waals surface area contributed by atoms with E-state index in [9.17, 15) is 14.4 Å². The van der Waals surface area contributed by atoms with E-state index >= 15 is 0 Å². The number of ketones is 2. The topological polar surface area (TPSA) is 71.4 Å². The summed E-state index contributed by atoms with van der Waals surface area (Å²) in [5.74, 6) is -3.06. The van der Waals surface area contributed by atoms with Crippen LogP contribution < -0.4 is 0 Å². The van der Waals surface area contributed by atoms with E-state index in [1.807, 2.05) is 6.92 Å². The number of hydrogen-bond acceptors (Lipinski definition) is 3. The Kier molecular flexibility index (Phi) is 2.98. The van der Waals surface area contributed by atoms with Crippen molar-refractivity contribution in [3.63, 3.8) is 0 Å². The summed E-state index contributed by atoms with van der Waals surface area (Å²) >= 11 is 0. The summed E-state index contributed by atoms with van der Waals surface area (Å²) in [6.45, 7) is 5.21. The average molecular weight is 212 g/mol. The van der Waals surface area contributed by atoms with E-state index in [2.05, 4.69) is 0 Å². The highest BCUT2D eigenvalue weighted by Crippen LogP contribution is 2.44. The van der Waals surface area contributed by atoms with E-state index in [4.69, 9.17) is 5.11 Å². The zero-order valence-electron chi connectivity index (χ0n) is 9.24. The Labute approximate surface area is 88.7 Å². The molecule has 1 N–H and O–H groups in total. The minimum atomic E-state index is -1.43. The van der Waals surface area contributed by atoms with Crippen molar-refractivity contribution >= 4 is 17.5 Å². The first kappa shape index (κ1) is 11.9. The number of carboxylic acid groups (broad SMARTS) is 1. The first-order valence-electron chi connectivity index (χ1n) is 5.13. The Hall–Kier alpha value is -1.19. The third kappa shape index (κ3) is 1.80. The Balaban J connectivity index is 2.98. The van der Waals surface area contributed by atoms with Gasteiger partial charge in [-0.3, -0.25) is 9.59 Å². The molecule has 0 saturated heterocycles. The molecule has 1 aliphatic carbocycles. The number of Topliss-reactive ketones (excluding diaryl/α,β-unsaturated/α-hetero) is 2. The molecule has 1 saturated carbocycles. The number of rotatable bonds is 3. The van der Waals surface area contributed by atoms with Crippen LogP contribution in [0.1, 0.15) is 33.6 Å². The minimum Gasteiger partial charge on any atom is -0.475 e. The second-order valence-corrected chi connectivity index (χ2v) is 4.65. The fourth-order valence-corrected chi connectivity index (χ4v) is 2.32. The van der Waals surface area contributed by atoms with Gasteiger partial charge in [-0.05, 0) is 12.8 Å². The standard InChI is InChI=1S/C11H16O4/c1-4-6-5-7(8(12)10(14)15)11(2,3)9(6)13/h6-7H,4-5H2,1-3H3,(H,14,15). The molecule has 1 aliphatic rings. The Morgan fingerprint density at radius 1 is 1.47 bits per heavy atom. The number of hydrogen-bond donors (Lipinski definition) is 1. The van der Waals surface area contributed by atoms with Crippen molar-refractivity contribution in [1.29, 1.82) is 0 Å². The molecule has 0 aliphatic heterocycles. The molecule has 4 heteroatoms. The highest BCUT2D eigenvalue weighted by atomic mass is 16.4. The highest BCUT2D eigenvalue weighted by Gasteiger charge is 2.51. The van der Waals surface area contributed by atoms with Crippen molar-refractivity contribution in [3.05, 3.63) is 0 Å². The van der Waals surface area contributed by atoms with Crippen LogP contribution in [0.25, 0.3) is 0 Å². The van der Waals surface area contributed by atoms with E-state index in [-0.39, 0.29) is 11.7 Å². The van der Waals surface area contributed by atoms with E-state index in [0.29, 0.717) is 12.8 Å². The van der Waals surface area contributed by atoms with Gasteiger partial charge in [-0.25, -0.2) is 4.79 Å². The van der Waals surface area contributed by atoms with Gasteiger partial charge in [-0.2, -0.15) is 0 Å². The second-order valence-electron chi connectivity index (χ2n) is 4.65. The van der Waals surface area contributed by atoms with Crippen molar-refractivity contribution < 1.29 is 19.5 Å². The fraction of sp³-hybridized carbons (Fsp3) is 0.727. The van der Waals surface area contributed by atoms with Crippen LogP contribution in [0.5, 0.6) is 0 Å². The SMILES string of the molecule is CCC1CC(C(=O)C(=O)O)C(C)(C)C1=O. The Morgan fingerprint density at radius 2 is 2.00 bits per heavy atom. The van der Waals surface area contributed by atoms with Gasteiger partial charge in [0.05, 0.1) is 0 Å². The molecule has 0 aromatic rings. The molecular weight excluding hydrogens is 196 g/mol.